The Kier molecular flexibility index (Phi) is 6.78. The molecule has 2 atom stereocenters. The molecule has 5 heteroatoms. The van der Waals surface area contributed by atoms with E-state index < -0.39 is 0 Å². The van der Waals surface area contributed by atoms with Gasteiger partial charge in [0.15, 0.2) is 17.5 Å². The predicted molar refractivity (Wildman–Crippen MR) is 208 cm³/mol. The van der Waals surface area contributed by atoms with Crippen LogP contribution in [0.1, 0.15) is 18.5 Å². The van der Waals surface area contributed by atoms with Gasteiger partial charge in [-0.05, 0) is 47.4 Å². The quantitative estimate of drug-likeness (QED) is 0.185. The van der Waals surface area contributed by atoms with Gasteiger partial charge in [-0.25, -0.2) is 15.0 Å². The Morgan fingerprint density at radius 1 is 0.529 bits per heavy atom. The molecule has 3 heterocycles. The Hall–Kier alpha value is -6.59. The Balaban J connectivity index is 1.06. The van der Waals surface area contributed by atoms with Gasteiger partial charge in [-0.15, -0.1) is 0 Å². The van der Waals surface area contributed by atoms with Crippen LogP contribution in [0, 0.1) is 5.92 Å². The minimum Gasteiger partial charge on any atom is -0.455 e. The zero-order chi connectivity index (χ0) is 33.9. The van der Waals surface area contributed by atoms with Gasteiger partial charge in [-0.2, -0.15) is 0 Å². The average Bonchev–Trinajstić information content (AvgIpc) is 3.74. The van der Waals surface area contributed by atoms with E-state index in [1.807, 2.05) is 60.7 Å². The molecule has 0 fully saturated rings. The molecular weight excluding hydrogens is 625 g/mol. The topological polar surface area (TPSA) is 56.7 Å². The standard InChI is InChI=1S/C46H32N4O/c1-29-27-32(25-26-39(29)50-40-22-8-5-17-34(40)35-18-6-9-23-41(35)50)31-15-11-16-33(28-31)45-47-44(30-13-3-2-4-14-30)48-46(49-45)38-21-12-20-37-36-19-7-10-24-42(36)51-43(37)38/h2-29,39H,1H3. The fourth-order valence-corrected chi connectivity index (χ4v) is 7.71. The van der Waals surface area contributed by atoms with Crippen LogP contribution in [0.15, 0.2) is 168 Å². The maximum Gasteiger partial charge on any atom is 0.167 e. The van der Waals surface area contributed by atoms with Crippen LogP contribution in [0.3, 0.4) is 0 Å². The summed E-state index contributed by atoms with van der Waals surface area (Å²) in [5, 5.41) is 4.69. The normalized spacial score (nSPS) is 16.0. The molecule has 1 aliphatic carbocycles. The highest BCUT2D eigenvalue weighted by atomic mass is 16.3. The zero-order valence-electron chi connectivity index (χ0n) is 27.9. The summed E-state index contributed by atoms with van der Waals surface area (Å²) in [6, 6.07) is 50.5. The van der Waals surface area contributed by atoms with E-state index in [0.29, 0.717) is 17.5 Å². The molecule has 0 aliphatic heterocycles. The maximum absolute atomic E-state index is 6.40. The van der Waals surface area contributed by atoms with Gasteiger partial charge in [-0.3, -0.25) is 0 Å². The number of allylic oxidation sites excluding steroid dienone is 4. The molecule has 10 rings (SSSR count). The largest absolute Gasteiger partial charge is 0.455 e. The summed E-state index contributed by atoms with van der Waals surface area (Å²) in [6.07, 6.45) is 7.02. The van der Waals surface area contributed by atoms with E-state index in [1.165, 1.54) is 27.4 Å². The van der Waals surface area contributed by atoms with Crippen molar-refractivity contribution in [2.75, 3.05) is 0 Å². The Bertz CT molecular complexity index is 2790. The van der Waals surface area contributed by atoms with E-state index in [0.717, 1.165) is 44.2 Å². The van der Waals surface area contributed by atoms with Gasteiger partial charge in [0.25, 0.3) is 0 Å². The van der Waals surface area contributed by atoms with E-state index in [1.54, 1.807) is 0 Å². The van der Waals surface area contributed by atoms with Gasteiger partial charge in [0, 0.05) is 43.7 Å². The molecule has 3 aromatic heterocycles. The molecule has 0 radical (unpaired) electrons. The van der Waals surface area contributed by atoms with Crippen LogP contribution in [0.2, 0.25) is 0 Å². The molecule has 6 aromatic carbocycles. The van der Waals surface area contributed by atoms with Gasteiger partial charge in [0.05, 0.1) is 11.6 Å². The summed E-state index contributed by atoms with van der Waals surface area (Å²) in [6.45, 7) is 2.31. The first-order chi connectivity index (χ1) is 25.2. The smallest absolute Gasteiger partial charge is 0.167 e. The van der Waals surface area contributed by atoms with Crippen molar-refractivity contribution in [2.45, 2.75) is 13.0 Å². The highest BCUT2D eigenvalue weighted by molar-refractivity contribution is 6.09. The molecule has 0 amide bonds. The van der Waals surface area contributed by atoms with Crippen molar-refractivity contribution in [3.8, 4) is 34.2 Å². The molecule has 9 aromatic rings. The lowest BCUT2D eigenvalue weighted by atomic mass is 9.89. The lowest BCUT2D eigenvalue weighted by Crippen LogP contribution is -2.16. The predicted octanol–water partition coefficient (Wildman–Crippen LogP) is 11.7. The number of hydrogen-bond acceptors (Lipinski definition) is 4. The molecule has 0 spiro atoms. The van der Waals surface area contributed by atoms with Crippen LogP contribution in [0.25, 0.3) is 83.5 Å². The Morgan fingerprint density at radius 3 is 1.88 bits per heavy atom. The van der Waals surface area contributed by atoms with E-state index >= 15 is 0 Å². The second kappa shape index (κ2) is 11.8. The first-order valence-electron chi connectivity index (χ1n) is 17.4. The van der Waals surface area contributed by atoms with E-state index in [4.69, 9.17) is 19.4 Å². The molecule has 0 N–H and O–H groups in total. The van der Waals surface area contributed by atoms with Crippen molar-refractivity contribution in [1.82, 2.24) is 19.5 Å². The number of hydrogen-bond donors (Lipinski definition) is 0. The molecule has 2 unspecified atom stereocenters. The SMILES string of the molecule is CC1C=C(c2cccc(-c3nc(-c4ccccc4)nc(-c4cccc5c4oc4ccccc45)n3)c2)C=CC1n1c2ccccc2c2ccccc21. The zero-order valence-corrected chi connectivity index (χ0v) is 27.9. The lowest BCUT2D eigenvalue weighted by molar-refractivity contribution is 0.511. The number of nitrogens with zero attached hydrogens (tertiary/aromatic N) is 4. The molecule has 51 heavy (non-hydrogen) atoms. The number of furan rings is 1. The number of benzene rings is 6. The third kappa shape index (κ3) is 4.89. The van der Waals surface area contributed by atoms with Gasteiger partial charge in [0.1, 0.15) is 11.2 Å². The monoisotopic (exact) mass is 656 g/mol. The second-order valence-electron chi connectivity index (χ2n) is 13.3. The summed E-state index contributed by atoms with van der Waals surface area (Å²) >= 11 is 0. The van der Waals surface area contributed by atoms with E-state index in [-0.39, 0.29) is 12.0 Å². The van der Waals surface area contributed by atoms with Crippen molar-refractivity contribution < 1.29 is 4.42 Å². The van der Waals surface area contributed by atoms with E-state index in [2.05, 4.69) is 115 Å². The fourth-order valence-electron chi connectivity index (χ4n) is 7.71. The minimum absolute atomic E-state index is 0.196. The van der Waals surface area contributed by atoms with Crippen LogP contribution in [0.5, 0.6) is 0 Å². The summed E-state index contributed by atoms with van der Waals surface area (Å²) in [4.78, 5) is 15.1. The van der Waals surface area contributed by atoms with Crippen molar-refractivity contribution in [2.24, 2.45) is 5.92 Å². The molecular formula is C46H32N4O. The third-order valence-corrected chi connectivity index (χ3v) is 10.1. The van der Waals surface area contributed by atoms with Crippen LogP contribution >= 0.6 is 0 Å². The summed E-state index contributed by atoms with van der Waals surface area (Å²) in [7, 11) is 0. The molecule has 0 saturated heterocycles. The van der Waals surface area contributed by atoms with Crippen molar-refractivity contribution in [3.63, 3.8) is 0 Å². The number of aromatic nitrogens is 4. The van der Waals surface area contributed by atoms with Crippen LogP contribution in [-0.2, 0) is 0 Å². The molecule has 0 bridgehead atoms. The minimum atomic E-state index is 0.196. The highest BCUT2D eigenvalue weighted by Crippen LogP contribution is 2.40. The first-order valence-corrected chi connectivity index (χ1v) is 17.4. The van der Waals surface area contributed by atoms with Gasteiger partial charge in [-0.1, -0.05) is 140 Å². The summed E-state index contributed by atoms with van der Waals surface area (Å²) in [5.74, 6) is 2.08. The molecule has 0 saturated carbocycles. The number of rotatable bonds is 5. The molecule has 5 nitrogen and oxygen atoms in total. The molecule has 242 valence electrons. The summed E-state index contributed by atoms with van der Waals surface area (Å²) in [5.41, 5.74) is 9.14. The number of fused-ring (bicyclic) bond motifs is 6. The third-order valence-electron chi connectivity index (χ3n) is 10.1. The lowest BCUT2D eigenvalue weighted by Gasteiger charge is -2.26. The number of para-hydroxylation sites is 4. The average molecular weight is 657 g/mol. The fraction of sp³-hybridized carbons (Fsp3) is 0.0652. The molecule has 1 aliphatic rings. The highest BCUT2D eigenvalue weighted by Gasteiger charge is 2.24. The van der Waals surface area contributed by atoms with Crippen molar-refractivity contribution >= 4 is 49.3 Å². The van der Waals surface area contributed by atoms with Crippen LogP contribution < -0.4 is 0 Å². The Morgan fingerprint density at radius 2 is 1.12 bits per heavy atom. The van der Waals surface area contributed by atoms with Gasteiger partial charge in [0.2, 0.25) is 0 Å². The Labute approximate surface area is 294 Å². The van der Waals surface area contributed by atoms with Crippen LogP contribution in [0.4, 0.5) is 0 Å². The van der Waals surface area contributed by atoms with Crippen molar-refractivity contribution in [1.29, 1.82) is 0 Å². The van der Waals surface area contributed by atoms with Gasteiger partial charge < -0.3 is 8.98 Å². The maximum atomic E-state index is 6.40. The first kappa shape index (κ1) is 29.3. The van der Waals surface area contributed by atoms with E-state index in [9.17, 15) is 0 Å². The second-order valence-corrected chi connectivity index (χ2v) is 13.3. The summed E-state index contributed by atoms with van der Waals surface area (Å²) < 4.78 is 8.90. The van der Waals surface area contributed by atoms with Crippen molar-refractivity contribution in [3.05, 3.63) is 169 Å². The van der Waals surface area contributed by atoms with Crippen LogP contribution in [-0.4, -0.2) is 19.5 Å². The van der Waals surface area contributed by atoms with Gasteiger partial charge >= 0.3 is 0 Å².